The molecule has 0 atom stereocenters. The third-order valence-electron chi connectivity index (χ3n) is 11.7. The Balaban J connectivity index is 1.61. The van der Waals surface area contributed by atoms with Crippen LogP contribution in [0.3, 0.4) is 0 Å². The zero-order valence-corrected chi connectivity index (χ0v) is 41.0. The Kier molecular flexibility index (Phi) is 10.8. The van der Waals surface area contributed by atoms with Gasteiger partial charge in [0.1, 0.15) is 0 Å². The van der Waals surface area contributed by atoms with Crippen LogP contribution in [0.4, 0.5) is 0 Å². The first kappa shape index (κ1) is 40.4. The van der Waals surface area contributed by atoms with Crippen LogP contribution in [0.15, 0.2) is 158 Å². The summed E-state index contributed by atoms with van der Waals surface area (Å²) in [5, 5.41) is 0. The predicted octanol–water partition coefficient (Wildman–Crippen LogP) is 16.1. The fourth-order valence-corrected chi connectivity index (χ4v) is 29.2. The van der Waals surface area contributed by atoms with E-state index >= 15 is 0 Å². The number of hydrogen-bond acceptors (Lipinski definition) is 0. The Bertz CT molecular complexity index is 2430. The van der Waals surface area contributed by atoms with Crippen LogP contribution >= 0.6 is 62.2 Å². The average molecular weight is 1070 g/mol. The monoisotopic (exact) mass is 1070 g/mol. The van der Waals surface area contributed by atoms with Gasteiger partial charge in [-0.15, -0.1) is 0 Å². The molecule has 2 aliphatic rings. The average Bonchev–Trinajstić information content (AvgIpc) is 3.84. The van der Waals surface area contributed by atoms with E-state index in [0.29, 0.717) is 0 Å². The second kappa shape index (κ2) is 15.0. The maximum atomic E-state index is 9.07. The van der Waals surface area contributed by atoms with E-state index in [0.717, 1.165) is 14.3 Å². The summed E-state index contributed by atoms with van der Waals surface area (Å²) in [6, 6.07) is 49.4. The molecule has 282 valence electrons. The van der Waals surface area contributed by atoms with Gasteiger partial charge in [0, 0.05) is 0 Å². The molecule has 6 aromatic carbocycles. The quantitative estimate of drug-likeness (QED) is 0.146. The van der Waals surface area contributed by atoms with E-state index in [9.17, 15) is 0 Å². The molecule has 0 amide bonds. The van der Waals surface area contributed by atoms with Crippen LogP contribution < -0.4 is 0 Å². The molecule has 0 aliphatic heterocycles. The van der Waals surface area contributed by atoms with Crippen molar-refractivity contribution in [2.24, 2.45) is 0 Å². The van der Waals surface area contributed by atoms with Gasteiger partial charge in [-0.3, -0.25) is 0 Å². The van der Waals surface area contributed by atoms with Gasteiger partial charge in [-0.1, -0.05) is 0 Å². The van der Waals surface area contributed by atoms with Crippen LogP contribution in [-0.4, -0.2) is 3.21 Å². The minimum atomic E-state index is -5.65. The summed E-state index contributed by atoms with van der Waals surface area (Å²) in [4.78, 5) is 0. The first-order valence-electron chi connectivity index (χ1n) is 19.4. The maximum absolute atomic E-state index is 9.07. The first-order valence-corrected chi connectivity index (χ1v) is 31.9. The van der Waals surface area contributed by atoms with Crippen molar-refractivity contribution in [3.63, 3.8) is 0 Å². The molecule has 0 aromatic heterocycles. The van der Waals surface area contributed by atoms with Gasteiger partial charge in [0.25, 0.3) is 0 Å². The Morgan fingerprint density at radius 2 is 0.875 bits per heavy atom. The van der Waals surface area contributed by atoms with Crippen LogP contribution in [0.25, 0.3) is 33.4 Å². The fourth-order valence-electron chi connectivity index (χ4n) is 9.11. The molecule has 5 heteroatoms. The van der Waals surface area contributed by atoms with Gasteiger partial charge in [-0.05, 0) is 0 Å². The molecule has 8 rings (SSSR count). The van der Waals surface area contributed by atoms with Gasteiger partial charge < -0.3 is 0 Å². The zero-order valence-electron chi connectivity index (χ0n) is 32.7. The molecule has 56 heavy (non-hydrogen) atoms. The number of fused-ring (bicyclic) bond motifs is 3. The summed E-state index contributed by atoms with van der Waals surface area (Å²) in [5.74, 6) is 0. The third-order valence-corrected chi connectivity index (χ3v) is 32.8. The molecular formula is C51H46Cl2I2Zr. The minimum absolute atomic E-state index is 0.119. The molecular weight excluding hydrogens is 1030 g/mol. The standard InChI is InChI=1S/C33H33.C13H8I2.C5H5.2ClH.Zr/c1-32(2,3)30-20-26-24(18-28(30)22-13-9-7-10-14-22)17-25-19-29(23-15-11-8-12-16-23)31(21-27(25)26)33(4,5)6;14-12-5-1-10(2-6-12)9-11-3-7-13(15)8-4-11;1-2-4-5-3-1;;;/h7-21H,1-6H3;1-8H;1-5H;2*1H;/q;;;;;+2/p-2. The molecule has 0 heterocycles. The molecule has 0 N–H and O–H groups in total. The summed E-state index contributed by atoms with van der Waals surface area (Å²) in [5.41, 5.74) is 14.4. The molecule has 2 aliphatic carbocycles. The topological polar surface area (TPSA) is 0 Å². The van der Waals surface area contributed by atoms with E-state index in [1.807, 2.05) is 0 Å². The molecule has 0 unspecified atom stereocenters. The van der Waals surface area contributed by atoms with E-state index in [1.54, 1.807) is 0 Å². The van der Waals surface area contributed by atoms with Crippen molar-refractivity contribution < 1.29 is 15.9 Å². The van der Waals surface area contributed by atoms with Crippen LogP contribution in [0.5, 0.6) is 0 Å². The number of hydrogen-bond donors (Lipinski definition) is 0. The summed E-state index contributed by atoms with van der Waals surface area (Å²) in [7, 11) is 18.1. The van der Waals surface area contributed by atoms with Gasteiger partial charge in [-0.2, -0.15) is 0 Å². The van der Waals surface area contributed by atoms with E-state index in [2.05, 4.69) is 244 Å². The van der Waals surface area contributed by atoms with E-state index < -0.39 is 15.9 Å². The van der Waals surface area contributed by atoms with Crippen molar-refractivity contribution in [2.45, 2.75) is 59.6 Å². The number of halogens is 4. The molecule has 0 radical (unpaired) electrons. The number of benzene rings is 6. The normalized spacial score (nSPS) is 14.6. The summed E-state index contributed by atoms with van der Waals surface area (Å²) >= 11 is -0.861. The molecule has 0 saturated heterocycles. The predicted molar refractivity (Wildman–Crippen MR) is 257 cm³/mol. The fraction of sp³-hybridized carbons (Fsp3) is 0.196. The van der Waals surface area contributed by atoms with Crippen molar-refractivity contribution in [1.29, 1.82) is 0 Å². The zero-order chi connectivity index (χ0) is 39.6. The van der Waals surface area contributed by atoms with Crippen LogP contribution in [0, 0.1) is 7.14 Å². The molecule has 0 saturated carbocycles. The van der Waals surface area contributed by atoms with Crippen molar-refractivity contribution >= 4 is 65.4 Å². The molecule has 6 aromatic rings. The first-order chi connectivity index (χ1) is 26.5. The molecule has 0 fully saturated rings. The molecule has 0 nitrogen and oxygen atoms in total. The number of allylic oxidation sites excluding steroid dienone is 4. The van der Waals surface area contributed by atoms with Gasteiger partial charge in [0.2, 0.25) is 0 Å². The Labute approximate surface area is 368 Å². The van der Waals surface area contributed by atoms with Gasteiger partial charge in [0.05, 0.1) is 0 Å². The van der Waals surface area contributed by atoms with Crippen molar-refractivity contribution in [3.8, 4) is 33.4 Å². The van der Waals surface area contributed by atoms with Gasteiger partial charge >= 0.3 is 373 Å². The second-order valence-corrected chi connectivity index (χ2v) is 40.7. The van der Waals surface area contributed by atoms with Crippen molar-refractivity contribution in [2.75, 3.05) is 0 Å². The SMILES string of the molecule is CC(C)(C)c1cc2c(cc1-c1ccccc1)[CH]([Zr]([Cl])([Cl])(=[C](c1ccc(I)cc1)c1ccc(I)cc1)[CH]1C=CC=C1)c1cc(-c3ccccc3)c(C(C)(C)C)cc1-2. The Morgan fingerprint density at radius 3 is 1.23 bits per heavy atom. The number of rotatable bonds is 6. The second-order valence-electron chi connectivity index (χ2n) is 17.5. The van der Waals surface area contributed by atoms with Crippen LogP contribution in [-0.2, 0) is 26.7 Å². The molecule has 0 spiro atoms. The summed E-state index contributed by atoms with van der Waals surface area (Å²) < 4.78 is 3.04. The van der Waals surface area contributed by atoms with E-state index in [-0.39, 0.29) is 18.1 Å². The van der Waals surface area contributed by atoms with E-state index in [4.69, 9.17) is 17.0 Å². The summed E-state index contributed by atoms with van der Waals surface area (Å²) in [6.07, 6.45) is 8.86. The van der Waals surface area contributed by atoms with Crippen molar-refractivity contribution in [1.82, 2.24) is 0 Å². The summed E-state index contributed by atoms with van der Waals surface area (Å²) in [6.45, 7) is 14.0. The van der Waals surface area contributed by atoms with Crippen LogP contribution in [0.2, 0.25) is 3.63 Å². The third kappa shape index (κ3) is 7.08. The Hall–Kier alpha value is -2.41. The van der Waals surface area contributed by atoms with Gasteiger partial charge in [-0.25, -0.2) is 0 Å². The van der Waals surface area contributed by atoms with Crippen molar-refractivity contribution in [3.05, 3.63) is 198 Å². The van der Waals surface area contributed by atoms with Gasteiger partial charge in [0.15, 0.2) is 0 Å². The van der Waals surface area contributed by atoms with E-state index in [1.165, 1.54) is 62.8 Å². The molecule has 0 bridgehead atoms. The van der Waals surface area contributed by atoms with Crippen LogP contribution in [0.1, 0.15) is 78.5 Å². The Morgan fingerprint density at radius 1 is 0.500 bits per heavy atom.